The maximum absolute atomic E-state index is 6.46. The highest BCUT2D eigenvalue weighted by molar-refractivity contribution is 7.23. The fourth-order valence-corrected chi connectivity index (χ4v) is 4.21. The Morgan fingerprint density at radius 3 is 2.46 bits per heavy atom. The van der Waals surface area contributed by atoms with Crippen LogP contribution in [0.3, 0.4) is 0 Å². The van der Waals surface area contributed by atoms with E-state index in [0.717, 1.165) is 20.5 Å². The van der Waals surface area contributed by atoms with Crippen molar-refractivity contribution in [3.05, 3.63) is 69.0 Å². The molecule has 0 N–H and O–H groups in total. The summed E-state index contributed by atoms with van der Waals surface area (Å²) in [4.78, 5) is 0.754. The zero-order valence-corrected chi connectivity index (χ0v) is 15.2. The molecule has 0 bridgehead atoms. The quantitative estimate of drug-likeness (QED) is 0.397. The summed E-state index contributed by atoms with van der Waals surface area (Å²) in [5, 5.41) is 11.1. The average molecular weight is 396 g/mol. The molecule has 0 amide bonds. The lowest BCUT2D eigenvalue weighted by atomic mass is 10.1. The summed E-state index contributed by atoms with van der Waals surface area (Å²) >= 11 is 19.9. The minimum absolute atomic E-state index is 0.418. The van der Waals surface area contributed by atoms with Gasteiger partial charge >= 0.3 is 0 Å². The summed E-state index contributed by atoms with van der Waals surface area (Å²) in [5.41, 5.74) is 1.05. The van der Waals surface area contributed by atoms with Crippen LogP contribution in [-0.4, -0.2) is 10.2 Å². The monoisotopic (exact) mass is 394 g/mol. The highest BCUT2D eigenvalue weighted by Gasteiger charge is 2.18. The second-order valence-electron chi connectivity index (χ2n) is 5.19. The molecule has 0 fully saturated rings. The molecule has 0 spiro atoms. The fraction of sp³-hybridized carbons (Fsp3) is 0.0588. The lowest BCUT2D eigenvalue weighted by Gasteiger charge is -1.96. The first-order valence-electron chi connectivity index (χ1n) is 7.05. The van der Waals surface area contributed by atoms with Gasteiger partial charge in [-0.3, -0.25) is 0 Å². The molecular formula is C17H9Cl3N2OS. The Labute approximate surface area is 156 Å². The summed E-state index contributed by atoms with van der Waals surface area (Å²) in [6, 6.07) is 13.1. The molecule has 4 aromatic rings. The van der Waals surface area contributed by atoms with Crippen molar-refractivity contribution < 1.29 is 4.42 Å². The van der Waals surface area contributed by atoms with Crippen LogP contribution in [0.5, 0.6) is 0 Å². The Morgan fingerprint density at radius 2 is 1.67 bits per heavy atom. The second kappa shape index (κ2) is 6.37. The standard InChI is InChI=1S/C17H9Cl3N2OS/c18-10-3-1-9(2-4-10)7-14-21-22-17(23-14)16-15(20)12-6-5-11(19)8-13(12)24-16/h1-6,8H,7H2. The molecule has 3 nitrogen and oxygen atoms in total. The SMILES string of the molecule is Clc1ccc(Cc2nnc(-c3sc4cc(Cl)ccc4c3Cl)o2)cc1. The predicted molar refractivity (Wildman–Crippen MR) is 99.4 cm³/mol. The first kappa shape index (κ1) is 15.9. The summed E-state index contributed by atoms with van der Waals surface area (Å²) in [6.07, 6.45) is 0.540. The molecule has 0 radical (unpaired) electrons. The molecular weight excluding hydrogens is 387 g/mol. The maximum Gasteiger partial charge on any atom is 0.259 e. The van der Waals surface area contributed by atoms with Gasteiger partial charge in [-0.2, -0.15) is 0 Å². The number of rotatable bonds is 3. The third-order valence-electron chi connectivity index (χ3n) is 3.52. The Balaban J connectivity index is 1.67. The third kappa shape index (κ3) is 3.03. The molecule has 2 aromatic heterocycles. The lowest BCUT2D eigenvalue weighted by molar-refractivity contribution is 0.519. The van der Waals surface area contributed by atoms with E-state index in [2.05, 4.69) is 10.2 Å². The normalized spacial score (nSPS) is 11.3. The Morgan fingerprint density at radius 1 is 0.917 bits per heavy atom. The van der Waals surface area contributed by atoms with Crippen LogP contribution in [0.2, 0.25) is 15.1 Å². The van der Waals surface area contributed by atoms with Gasteiger partial charge in [-0.1, -0.05) is 53.0 Å². The third-order valence-corrected chi connectivity index (χ3v) is 5.65. The van der Waals surface area contributed by atoms with Crippen LogP contribution in [0.1, 0.15) is 11.5 Å². The van der Waals surface area contributed by atoms with Gasteiger partial charge < -0.3 is 4.42 Å². The molecule has 120 valence electrons. The largest absolute Gasteiger partial charge is 0.420 e. The van der Waals surface area contributed by atoms with E-state index in [1.54, 1.807) is 0 Å². The van der Waals surface area contributed by atoms with E-state index in [4.69, 9.17) is 39.2 Å². The molecule has 0 atom stereocenters. The van der Waals surface area contributed by atoms with E-state index < -0.39 is 0 Å². The number of hydrogen-bond acceptors (Lipinski definition) is 4. The van der Waals surface area contributed by atoms with Crippen molar-refractivity contribution in [2.45, 2.75) is 6.42 Å². The van der Waals surface area contributed by atoms with Crippen molar-refractivity contribution in [1.29, 1.82) is 0 Å². The molecule has 0 saturated heterocycles. The van der Waals surface area contributed by atoms with E-state index in [1.807, 2.05) is 42.5 Å². The lowest BCUT2D eigenvalue weighted by Crippen LogP contribution is -1.87. The zero-order valence-electron chi connectivity index (χ0n) is 12.1. The molecule has 2 aromatic carbocycles. The number of thiophene rings is 1. The number of fused-ring (bicyclic) bond motifs is 1. The Kier molecular flexibility index (Phi) is 4.22. The molecule has 0 saturated carbocycles. The first-order valence-corrected chi connectivity index (χ1v) is 9.00. The van der Waals surface area contributed by atoms with Crippen LogP contribution in [-0.2, 0) is 6.42 Å². The van der Waals surface area contributed by atoms with Gasteiger partial charge in [0, 0.05) is 20.1 Å². The van der Waals surface area contributed by atoms with Gasteiger partial charge in [0.1, 0.15) is 4.88 Å². The van der Waals surface area contributed by atoms with Gasteiger partial charge in [-0.05, 0) is 29.8 Å². The Hall–Kier alpha value is -1.59. The van der Waals surface area contributed by atoms with Crippen LogP contribution in [0.4, 0.5) is 0 Å². The first-order chi connectivity index (χ1) is 11.6. The van der Waals surface area contributed by atoms with Gasteiger partial charge in [-0.25, -0.2) is 0 Å². The van der Waals surface area contributed by atoms with E-state index in [1.165, 1.54) is 11.3 Å². The van der Waals surface area contributed by atoms with Crippen LogP contribution in [0.25, 0.3) is 20.9 Å². The molecule has 0 unspecified atom stereocenters. The second-order valence-corrected chi connectivity index (χ2v) is 7.49. The van der Waals surface area contributed by atoms with Crippen LogP contribution < -0.4 is 0 Å². The highest BCUT2D eigenvalue weighted by Crippen LogP contribution is 2.42. The zero-order chi connectivity index (χ0) is 16.7. The van der Waals surface area contributed by atoms with E-state index >= 15 is 0 Å². The topological polar surface area (TPSA) is 38.9 Å². The molecule has 7 heteroatoms. The number of nitrogens with zero attached hydrogens (tertiary/aromatic N) is 2. The summed E-state index contributed by atoms with van der Waals surface area (Å²) < 4.78 is 6.77. The highest BCUT2D eigenvalue weighted by atomic mass is 35.5. The van der Waals surface area contributed by atoms with Gasteiger partial charge in [0.15, 0.2) is 0 Å². The van der Waals surface area contributed by atoms with Gasteiger partial charge in [0.25, 0.3) is 5.89 Å². The van der Waals surface area contributed by atoms with Crippen molar-refractivity contribution in [3.8, 4) is 10.8 Å². The van der Waals surface area contributed by atoms with Crippen LogP contribution in [0.15, 0.2) is 46.9 Å². The Bertz CT molecular complexity index is 1020. The number of halogens is 3. The van der Waals surface area contributed by atoms with Gasteiger partial charge in [0.05, 0.1) is 11.4 Å². The van der Waals surface area contributed by atoms with Gasteiger partial charge in [-0.15, -0.1) is 21.5 Å². The molecule has 4 rings (SSSR count). The average Bonchev–Trinajstić information content (AvgIpc) is 3.14. The predicted octanol–water partition coefficient (Wildman–Crippen LogP) is 6.50. The molecule has 0 aliphatic heterocycles. The summed E-state index contributed by atoms with van der Waals surface area (Å²) in [7, 11) is 0. The van der Waals surface area contributed by atoms with Crippen molar-refractivity contribution in [1.82, 2.24) is 10.2 Å². The van der Waals surface area contributed by atoms with Crippen molar-refractivity contribution >= 4 is 56.2 Å². The summed E-state index contributed by atoms with van der Waals surface area (Å²) in [6.45, 7) is 0. The van der Waals surface area contributed by atoms with Crippen molar-refractivity contribution in [2.24, 2.45) is 0 Å². The fourth-order valence-electron chi connectivity index (χ4n) is 2.37. The smallest absolute Gasteiger partial charge is 0.259 e. The number of hydrogen-bond donors (Lipinski definition) is 0. The number of aromatic nitrogens is 2. The minimum atomic E-state index is 0.418. The maximum atomic E-state index is 6.46. The molecule has 2 heterocycles. The van der Waals surface area contributed by atoms with Crippen LogP contribution in [0, 0.1) is 0 Å². The van der Waals surface area contributed by atoms with E-state index in [9.17, 15) is 0 Å². The molecule has 0 aliphatic rings. The van der Waals surface area contributed by atoms with Gasteiger partial charge in [0.2, 0.25) is 5.89 Å². The molecule has 0 aliphatic carbocycles. The van der Waals surface area contributed by atoms with Crippen LogP contribution >= 0.6 is 46.1 Å². The minimum Gasteiger partial charge on any atom is -0.420 e. The molecule has 24 heavy (non-hydrogen) atoms. The number of benzene rings is 2. The van der Waals surface area contributed by atoms with E-state index in [0.29, 0.717) is 33.3 Å². The van der Waals surface area contributed by atoms with Crippen molar-refractivity contribution in [3.63, 3.8) is 0 Å². The summed E-state index contributed by atoms with van der Waals surface area (Å²) in [5.74, 6) is 0.945. The van der Waals surface area contributed by atoms with Crippen molar-refractivity contribution in [2.75, 3.05) is 0 Å². The van der Waals surface area contributed by atoms with E-state index in [-0.39, 0.29) is 0 Å².